The molecule has 0 aliphatic heterocycles. The van der Waals surface area contributed by atoms with E-state index in [4.69, 9.17) is 17.3 Å². The zero-order chi connectivity index (χ0) is 12.1. The lowest BCUT2D eigenvalue weighted by Gasteiger charge is -2.05. The molecule has 0 radical (unpaired) electrons. The summed E-state index contributed by atoms with van der Waals surface area (Å²) < 4.78 is 0. The van der Waals surface area contributed by atoms with E-state index in [1.54, 1.807) is 6.20 Å². The minimum atomic E-state index is 0.391. The van der Waals surface area contributed by atoms with Crippen LogP contribution in [0.4, 0.5) is 11.5 Å². The van der Waals surface area contributed by atoms with Gasteiger partial charge in [-0.3, -0.25) is 4.98 Å². The highest BCUT2D eigenvalue weighted by Gasteiger charge is 1.96. The number of anilines is 2. The van der Waals surface area contributed by atoms with Gasteiger partial charge in [0, 0.05) is 12.2 Å². The van der Waals surface area contributed by atoms with Gasteiger partial charge in [0.2, 0.25) is 0 Å². The summed E-state index contributed by atoms with van der Waals surface area (Å²) in [5, 5.41) is 3.55. The van der Waals surface area contributed by atoms with Gasteiger partial charge in [-0.1, -0.05) is 23.7 Å². The molecule has 0 aliphatic carbocycles. The summed E-state index contributed by atoms with van der Waals surface area (Å²) in [5.74, 6) is 0.688. The van der Waals surface area contributed by atoms with Crippen LogP contribution in [0.2, 0.25) is 5.15 Å². The second-order valence-electron chi connectivity index (χ2n) is 3.65. The highest BCUT2D eigenvalue weighted by Crippen LogP contribution is 2.08. The van der Waals surface area contributed by atoms with Gasteiger partial charge < -0.3 is 11.1 Å². The number of nitrogen functional groups attached to an aromatic ring is 1. The summed E-state index contributed by atoms with van der Waals surface area (Å²) in [4.78, 5) is 8.04. The Labute approximate surface area is 105 Å². The van der Waals surface area contributed by atoms with Crippen molar-refractivity contribution in [1.29, 1.82) is 0 Å². The lowest BCUT2D eigenvalue weighted by Crippen LogP contribution is -2.06. The molecule has 1 aromatic carbocycles. The minimum Gasteiger partial charge on any atom is -0.399 e. The molecular formula is C12H13ClN4. The van der Waals surface area contributed by atoms with E-state index in [1.165, 1.54) is 11.8 Å². The normalized spacial score (nSPS) is 10.2. The number of nitrogens with zero attached hydrogens (tertiary/aromatic N) is 2. The molecule has 0 aliphatic rings. The van der Waals surface area contributed by atoms with Crippen molar-refractivity contribution in [3.05, 3.63) is 47.4 Å². The van der Waals surface area contributed by atoms with Gasteiger partial charge in [0.15, 0.2) is 0 Å². The topological polar surface area (TPSA) is 63.8 Å². The van der Waals surface area contributed by atoms with Crippen LogP contribution in [0, 0.1) is 0 Å². The number of halogens is 1. The van der Waals surface area contributed by atoms with Crippen LogP contribution >= 0.6 is 11.6 Å². The number of benzene rings is 1. The molecule has 0 spiro atoms. The summed E-state index contributed by atoms with van der Waals surface area (Å²) >= 11 is 5.73. The van der Waals surface area contributed by atoms with Gasteiger partial charge in [-0.25, -0.2) is 4.98 Å². The third kappa shape index (κ3) is 3.60. The molecule has 4 nitrogen and oxygen atoms in total. The van der Waals surface area contributed by atoms with Crippen molar-refractivity contribution in [2.45, 2.75) is 6.42 Å². The summed E-state index contributed by atoms with van der Waals surface area (Å²) in [7, 11) is 0. The Bertz CT molecular complexity index is 484. The van der Waals surface area contributed by atoms with Crippen LogP contribution in [-0.4, -0.2) is 16.5 Å². The predicted octanol–water partition coefficient (Wildman–Crippen LogP) is 2.37. The van der Waals surface area contributed by atoms with Crippen LogP contribution in [-0.2, 0) is 6.42 Å². The molecule has 3 N–H and O–H groups in total. The van der Waals surface area contributed by atoms with Crippen molar-refractivity contribution >= 4 is 23.1 Å². The molecule has 0 saturated heterocycles. The maximum atomic E-state index is 5.73. The largest absolute Gasteiger partial charge is 0.399 e. The van der Waals surface area contributed by atoms with Gasteiger partial charge in [0.1, 0.15) is 11.0 Å². The number of rotatable bonds is 4. The molecule has 88 valence electrons. The van der Waals surface area contributed by atoms with Crippen molar-refractivity contribution in [3.63, 3.8) is 0 Å². The quantitative estimate of drug-likeness (QED) is 0.816. The maximum absolute atomic E-state index is 5.73. The minimum absolute atomic E-state index is 0.391. The Morgan fingerprint density at radius 2 is 1.94 bits per heavy atom. The van der Waals surface area contributed by atoms with Crippen LogP contribution in [0.3, 0.4) is 0 Å². The SMILES string of the molecule is Nc1ccc(CCNc2cncc(Cl)n2)cc1. The standard InChI is InChI=1S/C12H13ClN4/c13-11-7-15-8-12(17-11)16-6-5-9-1-3-10(14)4-2-9/h1-4,7-8H,5-6,14H2,(H,16,17). The van der Waals surface area contributed by atoms with E-state index in [0.717, 1.165) is 18.7 Å². The van der Waals surface area contributed by atoms with Crippen molar-refractivity contribution < 1.29 is 0 Å². The van der Waals surface area contributed by atoms with E-state index in [9.17, 15) is 0 Å². The van der Waals surface area contributed by atoms with Crippen molar-refractivity contribution in [1.82, 2.24) is 9.97 Å². The molecule has 2 rings (SSSR count). The van der Waals surface area contributed by atoms with E-state index in [2.05, 4.69) is 15.3 Å². The first-order chi connectivity index (χ1) is 8.24. The van der Waals surface area contributed by atoms with Crippen LogP contribution in [0.5, 0.6) is 0 Å². The third-order valence-corrected chi connectivity index (χ3v) is 2.49. The van der Waals surface area contributed by atoms with E-state index >= 15 is 0 Å². The van der Waals surface area contributed by atoms with Gasteiger partial charge in [-0.2, -0.15) is 0 Å². The Hall–Kier alpha value is -1.81. The number of aromatic nitrogens is 2. The fourth-order valence-electron chi connectivity index (χ4n) is 1.45. The summed E-state index contributed by atoms with van der Waals surface area (Å²) in [5.41, 5.74) is 7.62. The highest BCUT2D eigenvalue weighted by atomic mass is 35.5. The highest BCUT2D eigenvalue weighted by molar-refractivity contribution is 6.29. The molecule has 0 unspecified atom stereocenters. The molecule has 0 amide bonds. The van der Waals surface area contributed by atoms with Gasteiger partial charge in [0.05, 0.1) is 12.4 Å². The van der Waals surface area contributed by atoms with Crippen LogP contribution in [0.15, 0.2) is 36.7 Å². The second kappa shape index (κ2) is 5.50. The summed E-state index contributed by atoms with van der Waals surface area (Å²) in [6.07, 6.45) is 4.05. The third-order valence-electron chi connectivity index (χ3n) is 2.30. The molecule has 1 aromatic heterocycles. The smallest absolute Gasteiger partial charge is 0.149 e. The van der Waals surface area contributed by atoms with Crippen molar-refractivity contribution in [3.8, 4) is 0 Å². The van der Waals surface area contributed by atoms with Crippen molar-refractivity contribution in [2.75, 3.05) is 17.6 Å². The van der Waals surface area contributed by atoms with E-state index in [-0.39, 0.29) is 0 Å². The zero-order valence-corrected chi connectivity index (χ0v) is 9.98. The Morgan fingerprint density at radius 1 is 1.18 bits per heavy atom. The van der Waals surface area contributed by atoms with Crippen molar-refractivity contribution in [2.24, 2.45) is 0 Å². The number of hydrogen-bond acceptors (Lipinski definition) is 4. The summed E-state index contributed by atoms with van der Waals surface area (Å²) in [6, 6.07) is 7.82. The molecular weight excluding hydrogens is 236 g/mol. The molecule has 0 atom stereocenters. The average Bonchev–Trinajstić information content (AvgIpc) is 2.32. The molecule has 0 bridgehead atoms. The van der Waals surface area contributed by atoms with Gasteiger partial charge in [0.25, 0.3) is 0 Å². The molecule has 0 saturated carbocycles. The number of nitrogens with one attached hydrogen (secondary N) is 1. The molecule has 17 heavy (non-hydrogen) atoms. The first-order valence-corrected chi connectivity index (χ1v) is 5.68. The first kappa shape index (κ1) is 11.7. The van der Waals surface area contributed by atoms with Crippen LogP contribution in [0.1, 0.15) is 5.56 Å². The lowest BCUT2D eigenvalue weighted by atomic mass is 10.1. The van der Waals surface area contributed by atoms with E-state index in [0.29, 0.717) is 11.0 Å². The zero-order valence-electron chi connectivity index (χ0n) is 9.23. The predicted molar refractivity (Wildman–Crippen MR) is 70.1 cm³/mol. The molecule has 5 heteroatoms. The lowest BCUT2D eigenvalue weighted by molar-refractivity contribution is 1.000. The maximum Gasteiger partial charge on any atom is 0.149 e. The van der Waals surface area contributed by atoms with Gasteiger partial charge >= 0.3 is 0 Å². The Kier molecular flexibility index (Phi) is 3.77. The Morgan fingerprint density at radius 3 is 2.65 bits per heavy atom. The van der Waals surface area contributed by atoms with E-state index in [1.807, 2.05) is 24.3 Å². The Balaban J connectivity index is 1.85. The molecule has 1 heterocycles. The monoisotopic (exact) mass is 248 g/mol. The second-order valence-corrected chi connectivity index (χ2v) is 4.03. The van der Waals surface area contributed by atoms with Crippen LogP contribution in [0.25, 0.3) is 0 Å². The number of nitrogens with two attached hydrogens (primary N) is 1. The molecule has 2 aromatic rings. The van der Waals surface area contributed by atoms with Gasteiger partial charge in [-0.05, 0) is 24.1 Å². The van der Waals surface area contributed by atoms with Crippen LogP contribution < -0.4 is 11.1 Å². The average molecular weight is 249 g/mol. The van der Waals surface area contributed by atoms with Gasteiger partial charge in [-0.15, -0.1) is 0 Å². The number of hydrogen-bond donors (Lipinski definition) is 2. The fraction of sp³-hybridized carbons (Fsp3) is 0.167. The van der Waals surface area contributed by atoms with E-state index < -0.39 is 0 Å². The molecule has 0 fully saturated rings. The first-order valence-electron chi connectivity index (χ1n) is 5.30. The fourth-order valence-corrected chi connectivity index (χ4v) is 1.59. The summed E-state index contributed by atoms with van der Waals surface area (Å²) in [6.45, 7) is 0.777.